The van der Waals surface area contributed by atoms with Crippen LogP contribution in [-0.2, 0) is 14.3 Å². The highest BCUT2D eigenvalue weighted by Crippen LogP contribution is 2.64. The molecule has 0 aliphatic heterocycles. The van der Waals surface area contributed by atoms with Crippen LogP contribution in [0.5, 0.6) is 0 Å². The van der Waals surface area contributed by atoms with Gasteiger partial charge in [-0.05, 0) is 88.9 Å². The van der Waals surface area contributed by atoms with Crippen molar-refractivity contribution in [2.24, 2.45) is 40.4 Å². The molecular weight excluding hydrogens is 408 g/mol. The van der Waals surface area contributed by atoms with E-state index >= 15 is 0 Å². The number of carbonyl (C=O) groups is 2. The molecule has 3 nitrogen and oxygen atoms in total. The zero-order chi connectivity index (χ0) is 24.1. The van der Waals surface area contributed by atoms with Gasteiger partial charge in [-0.1, -0.05) is 65.8 Å². The van der Waals surface area contributed by atoms with E-state index in [1.54, 1.807) is 0 Å². The van der Waals surface area contributed by atoms with Gasteiger partial charge in [0.1, 0.15) is 6.10 Å². The molecule has 180 valence electrons. The number of esters is 1. The summed E-state index contributed by atoms with van der Waals surface area (Å²) in [4.78, 5) is 24.2. The van der Waals surface area contributed by atoms with Gasteiger partial charge in [-0.3, -0.25) is 9.59 Å². The molecule has 0 heterocycles. The SMILES string of the molecule is CC(=O)O[C@H]1C[C@H]([C@H](C)/C=C/[C@H](C)C(C)C)[C@@]2(C)CC[C@H]3C(=C12)C=CC1=CC(=O)CC[C@@]13C. The van der Waals surface area contributed by atoms with Crippen LogP contribution in [0.25, 0.3) is 0 Å². The Bertz CT molecular complexity index is 948. The molecule has 33 heavy (non-hydrogen) atoms. The summed E-state index contributed by atoms with van der Waals surface area (Å²) >= 11 is 0. The van der Waals surface area contributed by atoms with E-state index in [-0.39, 0.29) is 28.7 Å². The largest absolute Gasteiger partial charge is 0.458 e. The molecule has 4 rings (SSSR count). The molecule has 0 unspecified atom stereocenters. The lowest BCUT2D eigenvalue weighted by molar-refractivity contribution is -0.144. The molecule has 3 heteroatoms. The number of carbonyl (C=O) groups excluding carboxylic acids is 2. The topological polar surface area (TPSA) is 43.4 Å². The summed E-state index contributed by atoms with van der Waals surface area (Å²) < 4.78 is 6.00. The first-order chi connectivity index (χ1) is 15.5. The molecular formula is C30H42O3. The van der Waals surface area contributed by atoms with E-state index in [9.17, 15) is 9.59 Å². The van der Waals surface area contributed by atoms with Gasteiger partial charge >= 0.3 is 5.97 Å². The van der Waals surface area contributed by atoms with Crippen molar-refractivity contribution in [1.82, 2.24) is 0 Å². The summed E-state index contributed by atoms with van der Waals surface area (Å²) in [5, 5.41) is 0. The lowest BCUT2D eigenvalue weighted by atomic mass is 9.53. The molecule has 0 radical (unpaired) electrons. The van der Waals surface area contributed by atoms with E-state index in [2.05, 4.69) is 65.8 Å². The standard InChI is InChI=1S/C30H42O3/c1-18(2)19(3)8-9-20(4)26-17-27(33-21(5)31)28-24-11-10-22-16-23(32)12-14-29(22,6)25(24)13-15-30(26,28)7/h8-11,16,18-20,25-27H,12-15,17H2,1-7H3/b9-8+/t19-,20+,25-,26+,27-,29-,30+/m0/s1. The molecule has 0 spiro atoms. The first-order valence-corrected chi connectivity index (χ1v) is 13.0. The lowest BCUT2D eigenvalue weighted by Gasteiger charge is -2.51. The minimum atomic E-state index is -0.190. The fraction of sp³-hybridized carbons (Fsp3) is 0.667. The van der Waals surface area contributed by atoms with Gasteiger partial charge in [-0.25, -0.2) is 0 Å². The lowest BCUT2D eigenvalue weighted by Crippen LogP contribution is -2.42. The highest BCUT2D eigenvalue weighted by Gasteiger charge is 2.57. The first kappa shape index (κ1) is 24.2. The molecule has 1 fully saturated rings. The smallest absolute Gasteiger partial charge is 0.303 e. The van der Waals surface area contributed by atoms with Crippen molar-refractivity contribution in [2.75, 3.05) is 0 Å². The number of ketones is 1. The van der Waals surface area contributed by atoms with E-state index in [1.807, 2.05) is 6.08 Å². The van der Waals surface area contributed by atoms with Crippen molar-refractivity contribution in [1.29, 1.82) is 0 Å². The van der Waals surface area contributed by atoms with Gasteiger partial charge in [0.2, 0.25) is 0 Å². The highest BCUT2D eigenvalue weighted by atomic mass is 16.5. The van der Waals surface area contributed by atoms with Gasteiger partial charge in [0.05, 0.1) is 0 Å². The Kier molecular flexibility index (Phi) is 6.39. The van der Waals surface area contributed by atoms with Crippen LogP contribution in [0, 0.1) is 40.4 Å². The Labute approximate surface area is 200 Å². The Hall–Kier alpha value is -1.90. The fourth-order valence-electron chi connectivity index (χ4n) is 7.21. The van der Waals surface area contributed by atoms with Crippen LogP contribution in [-0.4, -0.2) is 17.9 Å². The molecule has 1 saturated carbocycles. The second-order valence-electron chi connectivity index (χ2n) is 12.0. The highest BCUT2D eigenvalue weighted by molar-refractivity contribution is 5.92. The van der Waals surface area contributed by atoms with Crippen LogP contribution in [0.1, 0.15) is 80.6 Å². The number of rotatable bonds is 5. The molecule has 4 aliphatic rings. The summed E-state index contributed by atoms with van der Waals surface area (Å²) in [6.45, 7) is 15.5. The summed E-state index contributed by atoms with van der Waals surface area (Å²) in [6.07, 6.45) is 15.6. The molecule has 0 aromatic rings. The third-order valence-electron chi connectivity index (χ3n) is 9.65. The normalized spacial score (nSPS) is 37.5. The number of fused-ring (bicyclic) bond motifs is 4. The summed E-state index contributed by atoms with van der Waals surface area (Å²) in [6, 6.07) is 0. The monoisotopic (exact) mass is 450 g/mol. The van der Waals surface area contributed by atoms with Crippen LogP contribution >= 0.6 is 0 Å². The van der Waals surface area contributed by atoms with Gasteiger partial charge in [-0.15, -0.1) is 0 Å². The van der Waals surface area contributed by atoms with Crippen molar-refractivity contribution in [3.05, 3.63) is 47.1 Å². The second-order valence-corrected chi connectivity index (χ2v) is 12.0. The third kappa shape index (κ3) is 4.10. The minimum absolute atomic E-state index is 0.00337. The van der Waals surface area contributed by atoms with Gasteiger partial charge in [0.15, 0.2) is 5.78 Å². The molecule has 0 aromatic heterocycles. The van der Waals surface area contributed by atoms with E-state index in [0.29, 0.717) is 36.0 Å². The molecule has 0 amide bonds. The Morgan fingerprint density at radius 1 is 1.09 bits per heavy atom. The number of hydrogen-bond donors (Lipinski definition) is 0. The van der Waals surface area contributed by atoms with Gasteiger partial charge < -0.3 is 4.74 Å². The summed E-state index contributed by atoms with van der Waals surface area (Å²) in [5.41, 5.74) is 3.98. The maximum atomic E-state index is 12.1. The number of ether oxygens (including phenoxy) is 1. The predicted molar refractivity (Wildman–Crippen MR) is 133 cm³/mol. The van der Waals surface area contributed by atoms with Crippen molar-refractivity contribution in [3.8, 4) is 0 Å². The van der Waals surface area contributed by atoms with Gasteiger partial charge in [0, 0.05) is 13.3 Å². The average molecular weight is 451 g/mol. The van der Waals surface area contributed by atoms with Crippen molar-refractivity contribution < 1.29 is 14.3 Å². The maximum absolute atomic E-state index is 12.1. The van der Waals surface area contributed by atoms with Crippen LogP contribution < -0.4 is 0 Å². The Morgan fingerprint density at radius 2 is 1.82 bits per heavy atom. The van der Waals surface area contributed by atoms with E-state index in [4.69, 9.17) is 4.74 Å². The van der Waals surface area contributed by atoms with E-state index in [1.165, 1.54) is 23.6 Å². The quantitative estimate of drug-likeness (QED) is 0.334. The molecule has 0 aromatic carbocycles. The van der Waals surface area contributed by atoms with Crippen LogP contribution in [0.3, 0.4) is 0 Å². The molecule has 4 aliphatic carbocycles. The Balaban J connectivity index is 1.76. The molecule has 0 N–H and O–H groups in total. The molecule has 0 bridgehead atoms. The third-order valence-corrected chi connectivity index (χ3v) is 9.65. The van der Waals surface area contributed by atoms with Crippen molar-refractivity contribution in [2.45, 2.75) is 86.7 Å². The molecule has 7 atom stereocenters. The van der Waals surface area contributed by atoms with Crippen LogP contribution in [0.4, 0.5) is 0 Å². The maximum Gasteiger partial charge on any atom is 0.303 e. The molecule has 0 saturated heterocycles. The summed E-state index contributed by atoms with van der Waals surface area (Å²) in [5.74, 6) is 2.52. The van der Waals surface area contributed by atoms with Gasteiger partial charge in [0.25, 0.3) is 0 Å². The summed E-state index contributed by atoms with van der Waals surface area (Å²) in [7, 11) is 0. The predicted octanol–water partition coefficient (Wildman–Crippen LogP) is 7.00. The fourth-order valence-corrected chi connectivity index (χ4v) is 7.21. The minimum Gasteiger partial charge on any atom is -0.458 e. The Morgan fingerprint density at radius 3 is 2.48 bits per heavy atom. The van der Waals surface area contributed by atoms with Crippen molar-refractivity contribution in [3.63, 3.8) is 0 Å². The van der Waals surface area contributed by atoms with Gasteiger partial charge in [-0.2, -0.15) is 0 Å². The number of hydrogen-bond acceptors (Lipinski definition) is 3. The number of allylic oxidation sites excluding steroid dienone is 7. The van der Waals surface area contributed by atoms with Crippen molar-refractivity contribution >= 4 is 11.8 Å². The van der Waals surface area contributed by atoms with E-state index in [0.717, 1.165) is 25.7 Å². The van der Waals surface area contributed by atoms with Crippen LogP contribution in [0.15, 0.2) is 47.1 Å². The first-order valence-electron chi connectivity index (χ1n) is 13.0. The second kappa shape index (κ2) is 8.71. The average Bonchev–Trinajstić information content (AvgIpc) is 3.03. The van der Waals surface area contributed by atoms with E-state index < -0.39 is 0 Å². The zero-order valence-electron chi connectivity index (χ0n) is 21.6. The zero-order valence-corrected chi connectivity index (χ0v) is 21.6. The van der Waals surface area contributed by atoms with Crippen LogP contribution in [0.2, 0.25) is 0 Å².